The van der Waals surface area contributed by atoms with Crippen LogP contribution < -0.4 is 10.1 Å². The zero-order valence-corrected chi connectivity index (χ0v) is 14.3. The van der Waals surface area contributed by atoms with Crippen molar-refractivity contribution < 1.29 is 14.0 Å². The maximum absolute atomic E-state index is 5.62. The van der Waals surface area contributed by atoms with Crippen LogP contribution in [0.2, 0.25) is 0 Å². The molecule has 0 bridgehead atoms. The maximum Gasteiger partial charge on any atom is 0.259 e. The molecule has 2 aromatic heterocycles. The summed E-state index contributed by atoms with van der Waals surface area (Å²) >= 11 is 0. The Balaban J connectivity index is 1.33. The molecular formula is C19H20N4O3. The number of ether oxygens (including phenoxy) is 2. The Morgan fingerprint density at radius 1 is 1.15 bits per heavy atom. The highest BCUT2D eigenvalue weighted by Gasteiger charge is 2.15. The molecule has 0 radical (unpaired) electrons. The van der Waals surface area contributed by atoms with Crippen LogP contribution in [-0.2, 0) is 11.3 Å². The molecule has 1 atom stereocenters. The van der Waals surface area contributed by atoms with Crippen molar-refractivity contribution in [3.05, 3.63) is 54.5 Å². The molecule has 0 amide bonds. The smallest absolute Gasteiger partial charge is 0.259 e. The number of rotatable bonds is 7. The van der Waals surface area contributed by atoms with Crippen molar-refractivity contribution in [3.8, 4) is 17.2 Å². The highest BCUT2D eigenvalue weighted by Crippen LogP contribution is 2.19. The molecule has 26 heavy (non-hydrogen) atoms. The summed E-state index contributed by atoms with van der Waals surface area (Å²) in [6.45, 7) is 1.88. The molecule has 3 aromatic rings. The number of hydrogen-bond acceptors (Lipinski definition) is 7. The van der Waals surface area contributed by atoms with E-state index in [9.17, 15) is 0 Å². The van der Waals surface area contributed by atoms with Crippen molar-refractivity contribution in [2.45, 2.75) is 25.6 Å². The monoisotopic (exact) mass is 352 g/mol. The van der Waals surface area contributed by atoms with E-state index in [1.54, 1.807) is 6.20 Å². The summed E-state index contributed by atoms with van der Waals surface area (Å²) in [4.78, 5) is 8.74. The molecule has 1 aliphatic rings. The second kappa shape index (κ2) is 7.97. The highest BCUT2D eigenvalue weighted by molar-refractivity contribution is 5.54. The number of aromatic nitrogens is 3. The molecule has 1 N–H and O–H groups in total. The second-order valence-corrected chi connectivity index (χ2v) is 6.07. The van der Waals surface area contributed by atoms with Gasteiger partial charge in [0.2, 0.25) is 5.82 Å². The van der Waals surface area contributed by atoms with Gasteiger partial charge in [-0.3, -0.25) is 0 Å². The van der Waals surface area contributed by atoms with E-state index < -0.39 is 0 Å². The van der Waals surface area contributed by atoms with Crippen molar-refractivity contribution in [2.24, 2.45) is 0 Å². The standard InChI is InChI=1S/C19H20N4O3/c1-2-5-15(6-3-1)25-13-18-22-19(26-23-18)14-8-9-17(20-11-14)21-12-16-7-4-10-24-16/h1-3,5-6,8-9,11,16H,4,7,10,12-13H2,(H,20,21)/t16-/m0/s1. The van der Waals surface area contributed by atoms with Crippen LogP contribution in [0, 0.1) is 0 Å². The van der Waals surface area contributed by atoms with E-state index in [1.807, 2.05) is 42.5 Å². The second-order valence-electron chi connectivity index (χ2n) is 6.07. The number of nitrogens with one attached hydrogen (secondary N) is 1. The fourth-order valence-electron chi connectivity index (χ4n) is 2.74. The molecule has 0 spiro atoms. The zero-order valence-electron chi connectivity index (χ0n) is 14.3. The zero-order chi connectivity index (χ0) is 17.6. The number of anilines is 1. The Hall–Kier alpha value is -2.93. The lowest BCUT2D eigenvalue weighted by atomic mass is 10.2. The number of pyridine rings is 1. The van der Waals surface area contributed by atoms with Crippen LogP contribution in [-0.4, -0.2) is 34.4 Å². The minimum absolute atomic E-state index is 0.252. The third-order valence-corrected chi connectivity index (χ3v) is 4.12. The van der Waals surface area contributed by atoms with Crippen molar-refractivity contribution in [1.29, 1.82) is 0 Å². The predicted molar refractivity (Wildman–Crippen MR) is 95.8 cm³/mol. The van der Waals surface area contributed by atoms with E-state index in [2.05, 4.69) is 20.4 Å². The Morgan fingerprint density at radius 3 is 2.85 bits per heavy atom. The number of nitrogens with zero attached hydrogens (tertiary/aromatic N) is 3. The summed E-state index contributed by atoms with van der Waals surface area (Å²) < 4.78 is 16.5. The van der Waals surface area contributed by atoms with E-state index in [0.29, 0.717) is 11.7 Å². The normalized spacial score (nSPS) is 16.5. The fraction of sp³-hybridized carbons (Fsp3) is 0.316. The number of benzene rings is 1. The summed E-state index contributed by atoms with van der Waals surface area (Å²) in [6, 6.07) is 13.3. The van der Waals surface area contributed by atoms with Crippen LogP contribution in [0.1, 0.15) is 18.7 Å². The van der Waals surface area contributed by atoms with Crippen molar-refractivity contribution in [2.75, 3.05) is 18.5 Å². The summed E-state index contributed by atoms with van der Waals surface area (Å²) in [5, 5.41) is 7.23. The van der Waals surface area contributed by atoms with Gasteiger partial charge in [0, 0.05) is 19.3 Å². The Kier molecular flexibility index (Phi) is 5.07. The lowest BCUT2D eigenvalue weighted by molar-refractivity contribution is 0.120. The van der Waals surface area contributed by atoms with Gasteiger partial charge in [0.25, 0.3) is 5.89 Å². The van der Waals surface area contributed by atoms with Crippen molar-refractivity contribution in [3.63, 3.8) is 0 Å². The van der Waals surface area contributed by atoms with Crippen LogP contribution >= 0.6 is 0 Å². The fourth-order valence-corrected chi connectivity index (χ4v) is 2.74. The summed E-state index contributed by atoms with van der Waals surface area (Å²) in [7, 11) is 0. The SMILES string of the molecule is c1ccc(OCc2noc(-c3ccc(NC[C@@H]4CCCO4)nc3)n2)cc1. The average Bonchev–Trinajstić information content (AvgIpc) is 3.38. The van der Waals surface area contributed by atoms with Crippen LogP contribution in [0.3, 0.4) is 0 Å². The first-order chi connectivity index (χ1) is 12.9. The van der Waals surface area contributed by atoms with E-state index in [-0.39, 0.29) is 12.7 Å². The van der Waals surface area contributed by atoms with E-state index in [1.165, 1.54) is 0 Å². The molecule has 134 valence electrons. The van der Waals surface area contributed by atoms with Gasteiger partial charge in [-0.1, -0.05) is 23.4 Å². The average molecular weight is 352 g/mol. The first-order valence-corrected chi connectivity index (χ1v) is 8.69. The van der Waals surface area contributed by atoms with Gasteiger partial charge < -0.3 is 19.3 Å². The van der Waals surface area contributed by atoms with Crippen LogP contribution in [0.25, 0.3) is 11.5 Å². The van der Waals surface area contributed by atoms with Crippen LogP contribution in [0.5, 0.6) is 5.75 Å². The van der Waals surface area contributed by atoms with Crippen LogP contribution in [0.4, 0.5) is 5.82 Å². The Bertz CT molecular complexity index is 814. The molecule has 7 nitrogen and oxygen atoms in total. The topological polar surface area (TPSA) is 82.3 Å². The molecule has 4 rings (SSSR count). The van der Waals surface area contributed by atoms with E-state index in [0.717, 1.165) is 43.1 Å². The molecule has 1 saturated heterocycles. The van der Waals surface area contributed by atoms with Gasteiger partial charge in [-0.25, -0.2) is 4.98 Å². The van der Waals surface area contributed by atoms with E-state index in [4.69, 9.17) is 14.0 Å². The summed E-state index contributed by atoms with van der Waals surface area (Å²) in [5.41, 5.74) is 0.770. The van der Waals surface area contributed by atoms with Gasteiger partial charge in [-0.15, -0.1) is 0 Å². The first kappa shape index (κ1) is 16.5. The summed E-state index contributed by atoms with van der Waals surface area (Å²) in [6.07, 6.45) is 4.22. The van der Waals surface area contributed by atoms with Gasteiger partial charge in [0.05, 0.1) is 11.7 Å². The molecule has 0 unspecified atom stereocenters. The van der Waals surface area contributed by atoms with Gasteiger partial charge in [-0.05, 0) is 37.1 Å². The largest absolute Gasteiger partial charge is 0.485 e. The lowest BCUT2D eigenvalue weighted by Crippen LogP contribution is -2.18. The van der Waals surface area contributed by atoms with E-state index >= 15 is 0 Å². The lowest BCUT2D eigenvalue weighted by Gasteiger charge is -2.11. The Labute approximate surface area is 151 Å². The van der Waals surface area contributed by atoms with Gasteiger partial charge in [0.1, 0.15) is 11.6 Å². The van der Waals surface area contributed by atoms with Gasteiger partial charge >= 0.3 is 0 Å². The minimum Gasteiger partial charge on any atom is -0.485 e. The Morgan fingerprint density at radius 2 is 2.08 bits per heavy atom. The molecule has 3 heterocycles. The number of hydrogen-bond donors (Lipinski definition) is 1. The molecule has 1 fully saturated rings. The minimum atomic E-state index is 0.252. The first-order valence-electron chi connectivity index (χ1n) is 8.69. The van der Waals surface area contributed by atoms with Gasteiger partial charge in [0.15, 0.2) is 6.61 Å². The maximum atomic E-state index is 5.62. The molecule has 1 aliphatic heterocycles. The molecular weight excluding hydrogens is 332 g/mol. The third-order valence-electron chi connectivity index (χ3n) is 4.12. The van der Waals surface area contributed by atoms with Crippen molar-refractivity contribution in [1.82, 2.24) is 15.1 Å². The molecule has 1 aromatic carbocycles. The van der Waals surface area contributed by atoms with Crippen molar-refractivity contribution >= 4 is 5.82 Å². The highest BCUT2D eigenvalue weighted by atomic mass is 16.5. The molecule has 7 heteroatoms. The molecule has 0 saturated carbocycles. The predicted octanol–water partition coefficient (Wildman–Crippen LogP) is 3.30. The van der Waals surface area contributed by atoms with Crippen LogP contribution in [0.15, 0.2) is 53.2 Å². The number of para-hydroxylation sites is 1. The quantitative estimate of drug-likeness (QED) is 0.698. The van der Waals surface area contributed by atoms with Gasteiger partial charge in [-0.2, -0.15) is 4.98 Å². The molecule has 0 aliphatic carbocycles. The summed E-state index contributed by atoms with van der Waals surface area (Å²) in [5.74, 6) is 2.48. The third kappa shape index (κ3) is 4.18.